The highest BCUT2D eigenvalue weighted by Crippen LogP contribution is 2.13. The summed E-state index contributed by atoms with van der Waals surface area (Å²) in [6.07, 6.45) is 0.194. The zero-order valence-corrected chi connectivity index (χ0v) is 10.4. The first-order valence-electron chi connectivity index (χ1n) is 5.85. The highest BCUT2D eigenvalue weighted by atomic mass is 19.2. The number of aryl methyl sites for hydroxylation is 1. The van der Waals surface area contributed by atoms with Crippen LogP contribution in [0.1, 0.15) is 11.1 Å². The number of nitrogens with one attached hydrogen (secondary N) is 1. The Labute approximate surface area is 110 Å². The van der Waals surface area contributed by atoms with Gasteiger partial charge in [-0.3, -0.25) is 4.79 Å². The van der Waals surface area contributed by atoms with Crippen molar-refractivity contribution in [1.29, 1.82) is 0 Å². The van der Waals surface area contributed by atoms with Gasteiger partial charge in [0.05, 0.1) is 6.42 Å². The van der Waals surface area contributed by atoms with Crippen LogP contribution in [-0.2, 0) is 11.2 Å². The number of hydrogen-bond donors (Lipinski definition) is 1. The van der Waals surface area contributed by atoms with Gasteiger partial charge < -0.3 is 5.32 Å². The van der Waals surface area contributed by atoms with Crippen LogP contribution < -0.4 is 5.32 Å². The van der Waals surface area contributed by atoms with Crippen LogP contribution in [0.4, 0.5) is 14.5 Å². The second kappa shape index (κ2) is 5.61. The molecule has 1 amide bonds. The van der Waals surface area contributed by atoms with Crippen LogP contribution in [0.15, 0.2) is 42.5 Å². The Morgan fingerprint density at radius 1 is 1.05 bits per heavy atom. The SMILES string of the molecule is Cc1ccc(CC(=O)Nc2ccc(F)c(F)c2)cc1. The zero-order chi connectivity index (χ0) is 13.8. The van der Waals surface area contributed by atoms with E-state index < -0.39 is 11.6 Å². The molecule has 2 rings (SSSR count). The van der Waals surface area contributed by atoms with Gasteiger partial charge in [0.1, 0.15) is 0 Å². The van der Waals surface area contributed by atoms with E-state index in [1.54, 1.807) is 0 Å². The van der Waals surface area contributed by atoms with E-state index in [-0.39, 0.29) is 18.0 Å². The molecule has 19 heavy (non-hydrogen) atoms. The third kappa shape index (κ3) is 3.61. The van der Waals surface area contributed by atoms with Crippen LogP contribution in [0, 0.1) is 18.6 Å². The number of anilines is 1. The van der Waals surface area contributed by atoms with E-state index in [4.69, 9.17) is 0 Å². The van der Waals surface area contributed by atoms with Crippen molar-refractivity contribution >= 4 is 11.6 Å². The van der Waals surface area contributed by atoms with Gasteiger partial charge in [-0.05, 0) is 24.6 Å². The molecule has 0 atom stereocenters. The maximum atomic E-state index is 13.0. The summed E-state index contributed by atoms with van der Waals surface area (Å²) in [5.41, 5.74) is 2.23. The van der Waals surface area contributed by atoms with Gasteiger partial charge in [0.2, 0.25) is 5.91 Å². The Balaban J connectivity index is 2.01. The average molecular weight is 261 g/mol. The summed E-state index contributed by atoms with van der Waals surface area (Å²) in [4.78, 5) is 11.7. The van der Waals surface area contributed by atoms with Crippen LogP contribution in [0.25, 0.3) is 0 Å². The summed E-state index contributed by atoms with van der Waals surface area (Å²) in [5.74, 6) is -2.18. The minimum absolute atomic E-state index is 0.194. The molecule has 4 heteroatoms. The van der Waals surface area contributed by atoms with E-state index in [1.807, 2.05) is 31.2 Å². The zero-order valence-electron chi connectivity index (χ0n) is 10.4. The van der Waals surface area contributed by atoms with Crippen molar-refractivity contribution in [1.82, 2.24) is 0 Å². The molecule has 0 aliphatic carbocycles. The summed E-state index contributed by atoms with van der Waals surface area (Å²) < 4.78 is 25.7. The normalized spacial score (nSPS) is 10.3. The largest absolute Gasteiger partial charge is 0.326 e. The lowest BCUT2D eigenvalue weighted by atomic mass is 10.1. The fraction of sp³-hybridized carbons (Fsp3) is 0.133. The van der Waals surface area contributed by atoms with Crippen molar-refractivity contribution in [2.24, 2.45) is 0 Å². The Hall–Kier alpha value is -2.23. The van der Waals surface area contributed by atoms with Crippen LogP contribution in [0.2, 0.25) is 0 Å². The Morgan fingerprint density at radius 3 is 2.37 bits per heavy atom. The Bertz CT molecular complexity index is 594. The van der Waals surface area contributed by atoms with Gasteiger partial charge in [0.15, 0.2) is 11.6 Å². The molecule has 0 saturated carbocycles. The van der Waals surface area contributed by atoms with E-state index in [9.17, 15) is 13.6 Å². The number of halogens is 2. The predicted molar refractivity (Wildman–Crippen MR) is 69.9 cm³/mol. The summed E-state index contributed by atoms with van der Waals surface area (Å²) in [6, 6.07) is 10.8. The molecule has 1 N–H and O–H groups in total. The molecular formula is C15H13F2NO. The molecule has 0 saturated heterocycles. The molecule has 0 bridgehead atoms. The second-order valence-corrected chi connectivity index (χ2v) is 4.34. The smallest absolute Gasteiger partial charge is 0.228 e. The molecule has 0 spiro atoms. The summed E-state index contributed by atoms with van der Waals surface area (Å²) in [7, 11) is 0. The van der Waals surface area contributed by atoms with Crippen LogP contribution in [0.3, 0.4) is 0 Å². The minimum atomic E-state index is -0.979. The van der Waals surface area contributed by atoms with Gasteiger partial charge in [-0.15, -0.1) is 0 Å². The highest BCUT2D eigenvalue weighted by molar-refractivity contribution is 5.92. The molecule has 2 nitrogen and oxygen atoms in total. The molecule has 0 aromatic heterocycles. The molecule has 0 fully saturated rings. The van der Waals surface area contributed by atoms with E-state index >= 15 is 0 Å². The van der Waals surface area contributed by atoms with Crippen LogP contribution in [-0.4, -0.2) is 5.91 Å². The predicted octanol–water partition coefficient (Wildman–Crippen LogP) is 3.45. The molecule has 0 heterocycles. The standard InChI is InChI=1S/C15H13F2NO/c1-10-2-4-11(5-3-10)8-15(19)18-12-6-7-13(16)14(17)9-12/h2-7,9H,8H2,1H3,(H,18,19). The Morgan fingerprint density at radius 2 is 1.74 bits per heavy atom. The fourth-order valence-electron chi connectivity index (χ4n) is 1.67. The maximum absolute atomic E-state index is 13.0. The van der Waals surface area contributed by atoms with Gasteiger partial charge in [0.25, 0.3) is 0 Å². The van der Waals surface area contributed by atoms with Crippen molar-refractivity contribution in [2.75, 3.05) is 5.32 Å². The molecule has 0 aliphatic rings. The topological polar surface area (TPSA) is 29.1 Å². The average Bonchev–Trinajstić information content (AvgIpc) is 2.37. The number of benzene rings is 2. The van der Waals surface area contributed by atoms with Crippen molar-refractivity contribution in [3.8, 4) is 0 Å². The van der Waals surface area contributed by atoms with Crippen LogP contribution >= 0.6 is 0 Å². The fourth-order valence-corrected chi connectivity index (χ4v) is 1.67. The van der Waals surface area contributed by atoms with Crippen molar-refractivity contribution in [2.45, 2.75) is 13.3 Å². The molecule has 0 radical (unpaired) electrons. The van der Waals surface area contributed by atoms with Crippen molar-refractivity contribution in [3.05, 3.63) is 65.2 Å². The third-order valence-electron chi connectivity index (χ3n) is 2.69. The van der Waals surface area contributed by atoms with Crippen molar-refractivity contribution < 1.29 is 13.6 Å². The first-order valence-corrected chi connectivity index (χ1v) is 5.85. The second-order valence-electron chi connectivity index (χ2n) is 4.34. The molecule has 0 aliphatic heterocycles. The lowest BCUT2D eigenvalue weighted by Crippen LogP contribution is -2.14. The number of amides is 1. The van der Waals surface area contributed by atoms with Crippen LogP contribution in [0.5, 0.6) is 0 Å². The van der Waals surface area contributed by atoms with E-state index in [0.717, 1.165) is 23.3 Å². The van der Waals surface area contributed by atoms with Gasteiger partial charge in [0, 0.05) is 11.8 Å². The number of hydrogen-bond acceptors (Lipinski definition) is 1. The minimum Gasteiger partial charge on any atom is -0.326 e. The quantitative estimate of drug-likeness (QED) is 0.900. The lowest BCUT2D eigenvalue weighted by Gasteiger charge is -2.06. The molecule has 2 aromatic rings. The first-order chi connectivity index (χ1) is 9.04. The Kier molecular flexibility index (Phi) is 3.90. The van der Waals surface area contributed by atoms with Crippen molar-refractivity contribution in [3.63, 3.8) is 0 Å². The summed E-state index contributed by atoms with van der Waals surface area (Å²) in [6.45, 7) is 1.96. The number of carbonyl (C=O) groups is 1. The highest BCUT2D eigenvalue weighted by Gasteiger charge is 2.07. The molecule has 2 aromatic carbocycles. The monoisotopic (exact) mass is 261 g/mol. The first kappa shape index (κ1) is 13.2. The number of carbonyl (C=O) groups excluding carboxylic acids is 1. The van der Waals surface area contributed by atoms with E-state index in [0.29, 0.717) is 0 Å². The molecule has 98 valence electrons. The van der Waals surface area contributed by atoms with Gasteiger partial charge >= 0.3 is 0 Å². The summed E-state index contributed by atoms with van der Waals surface area (Å²) >= 11 is 0. The summed E-state index contributed by atoms with van der Waals surface area (Å²) in [5, 5.41) is 2.53. The molecular weight excluding hydrogens is 248 g/mol. The third-order valence-corrected chi connectivity index (χ3v) is 2.69. The molecule has 0 unspecified atom stereocenters. The van der Waals surface area contributed by atoms with Gasteiger partial charge in [-0.2, -0.15) is 0 Å². The van der Waals surface area contributed by atoms with Gasteiger partial charge in [-0.25, -0.2) is 8.78 Å². The number of rotatable bonds is 3. The van der Waals surface area contributed by atoms with Gasteiger partial charge in [-0.1, -0.05) is 29.8 Å². The maximum Gasteiger partial charge on any atom is 0.228 e. The lowest BCUT2D eigenvalue weighted by molar-refractivity contribution is -0.115. The van der Waals surface area contributed by atoms with E-state index in [2.05, 4.69) is 5.32 Å². The van der Waals surface area contributed by atoms with E-state index in [1.165, 1.54) is 6.07 Å².